The predicted molar refractivity (Wildman–Crippen MR) is 80.3 cm³/mol. The maximum Gasteiger partial charge on any atom is 0.0992 e. The van der Waals surface area contributed by atoms with Gasteiger partial charge >= 0.3 is 0 Å². The standard InChI is InChI=1S/C16H20N4/c1-3-16(4-2)20-9-8-15(19-20)12-18-14-7-5-6-13(10-14)11-17/h5-10,16,18H,3-4,12H2,1-2H3. The Bertz CT molecular complexity index is 591. The number of nitriles is 1. The van der Waals surface area contributed by atoms with Crippen molar-refractivity contribution in [2.45, 2.75) is 39.3 Å². The Hall–Kier alpha value is -2.28. The topological polar surface area (TPSA) is 53.6 Å². The quantitative estimate of drug-likeness (QED) is 0.868. The first-order chi connectivity index (χ1) is 9.76. The van der Waals surface area contributed by atoms with Crippen LogP contribution in [0, 0.1) is 11.3 Å². The van der Waals surface area contributed by atoms with Crippen LogP contribution in [0.5, 0.6) is 0 Å². The molecule has 4 heteroatoms. The first-order valence-corrected chi connectivity index (χ1v) is 7.04. The number of benzene rings is 1. The van der Waals surface area contributed by atoms with Gasteiger partial charge in [-0.15, -0.1) is 0 Å². The van der Waals surface area contributed by atoms with Crippen molar-refractivity contribution < 1.29 is 0 Å². The number of aromatic nitrogens is 2. The highest BCUT2D eigenvalue weighted by atomic mass is 15.3. The molecular weight excluding hydrogens is 248 g/mol. The zero-order valence-corrected chi connectivity index (χ0v) is 12.0. The molecule has 0 aliphatic heterocycles. The number of hydrogen-bond acceptors (Lipinski definition) is 3. The van der Waals surface area contributed by atoms with E-state index in [1.54, 1.807) is 6.07 Å². The summed E-state index contributed by atoms with van der Waals surface area (Å²) in [5, 5.41) is 16.8. The van der Waals surface area contributed by atoms with Crippen LogP contribution in [0.4, 0.5) is 5.69 Å². The van der Waals surface area contributed by atoms with E-state index in [-0.39, 0.29) is 0 Å². The minimum absolute atomic E-state index is 0.477. The third-order valence-corrected chi connectivity index (χ3v) is 3.45. The van der Waals surface area contributed by atoms with Gasteiger partial charge in [0.15, 0.2) is 0 Å². The summed E-state index contributed by atoms with van der Waals surface area (Å²) in [5.74, 6) is 0. The van der Waals surface area contributed by atoms with Crippen molar-refractivity contribution in [3.05, 3.63) is 47.8 Å². The second-order valence-corrected chi connectivity index (χ2v) is 4.80. The van der Waals surface area contributed by atoms with Crippen molar-refractivity contribution in [2.24, 2.45) is 0 Å². The highest BCUT2D eigenvalue weighted by Gasteiger charge is 2.07. The molecule has 1 N–H and O–H groups in total. The van der Waals surface area contributed by atoms with E-state index in [0.717, 1.165) is 24.2 Å². The summed E-state index contributed by atoms with van der Waals surface area (Å²) in [6.45, 7) is 5.03. The van der Waals surface area contributed by atoms with E-state index in [1.165, 1.54) is 0 Å². The van der Waals surface area contributed by atoms with Crippen molar-refractivity contribution in [3.8, 4) is 6.07 Å². The van der Waals surface area contributed by atoms with E-state index in [0.29, 0.717) is 18.2 Å². The molecule has 4 nitrogen and oxygen atoms in total. The van der Waals surface area contributed by atoms with Crippen molar-refractivity contribution >= 4 is 5.69 Å². The van der Waals surface area contributed by atoms with Gasteiger partial charge in [0.25, 0.3) is 0 Å². The SMILES string of the molecule is CCC(CC)n1ccc(CNc2cccc(C#N)c2)n1. The molecule has 0 amide bonds. The average Bonchev–Trinajstić information content (AvgIpc) is 2.95. The van der Waals surface area contributed by atoms with Crippen LogP contribution in [0.3, 0.4) is 0 Å². The Kier molecular flexibility index (Phi) is 4.78. The fraction of sp³-hybridized carbons (Fsp3) is 0.375. The van der Waals surface area contributed by atoms with Gasteiger partial charge in [0.1, 0.15) is 0 Å². The first kappa shape index (κ1) is 14.1. The summed E-state index contributed by atoms with van der Waals surface area (Å²) < 4.78 is 2.04. The highest BCUT2D eigenvalue weighted by Crippen LogP contribution is 2.15. The molecule has 0 fully saturated rings. The maximum atomic E-state index is 8.87. The van der Waals surface area contributed by atoms with Gasteiger partial charge in [-0.05, 0) is 37.1 Å². The van der Waals surface area contributed by atoms with Crippen LogP contribution in [0.15, 0.2) is 36.5 Å². The lowest BCUT2D eigenvalue weighted by Crippen LogP contribution is -2.09. The molecule has 1 aromatic heterocycles. The van der Waals surface area contributed by atoms with Crippen LogP contribution in [-0.2, 0) is 6.54 Å². The van der Waals surface area contributed by atoms with Crippen LogP contribution in [0.1, 0.15) is 44.0 Å². The van der Waals surface area contributed by atoms with Crippen molar-refractivity contribution in [1.29, 1.82) is 5.26 Å². The number of nitrogens with zero attached hydrogens (tertiary/aromatic N) is 3. The van der Waals surface area contributed by atoms with Crippen LogP contribution in [0.2, 0.25) is 0 Å². The summed E-state index contributed by atoms with van der Waals surface area (Å²) in [6.07, 6.45) is 4.23. The lowest BCUT2D eigenvalue weighted by Gasteiger charge is -2.12. The zero-order chi connectivity index (χ0) is 14.4. The molecule has 104 valence electrons. The molecule has 2 aromatic rings. The maximum absolute atomic E-state index is 8.87. The van der Waals surface area contributed by atoms with Gasteiger partial charge in [-0.1, -0.05) is 19.9 Å². The third kappa shape index (κ3) is 3.39. The lowest BCUT2D eigenvalue weighted by molar-refractivity contribution is 0.426. The molecule has 1 heterocycles. The van der Waals surface area contributed by atoms with E-state index in [1.807, 2.05) is 35.1 Å². The Morgan fingerprint density at radius 1 is 1.30 bits per heavy atom. The monoisotopic (exact) mass is 268 g/mol. The predicted octanol–water partition coefficient (Wildman–Crippen LogP) is 3.73. The van der Waals surface area contributed by atoms with Crippen LogP contribution >= 0.6 is 0 Å². The van der Waals surface area contributed by atoms with Crippen LogP contribution in [0.25, 0.3) is 0 Å². The molecule has 20 heavy (non-hydrogen) atoms. The zero-order valence-electron chi connectivity index (χ0n) is 12.0. The van der Waals surface area contributed by atoms with E-state index >= 15 is 0 Å². The van der Waals surface area contributed by atoms with Gasteiger partial charge in [0, 0.05) is 11.9 Å². The van der Waals surface area contributed by atoms with Crippen LogP contribution < -0.4 is 5.32 Å². The molecule has 0 saturated carbocycles. The molecule has 0 bridgehead atoms. The normalized spacial score (nSPS) is 10.5. The van der Waals surface area contributed by atoms with Gasteiger partial charge in [0.2, 0.25) is 0 Å². The summed E-state index contributed by atoms with van der Waals surface area (Å²) in [4.78, 5) is 0. The second-order valence-electron chi connectivity index (χ2n) is 4.80. The molecule has 0 aliphatic carbocycles. The Morgan fingerprint density at radius 3 is 2.80 bits per heavy atom. The van der Waals surface area contributed by atoms with Gasteiger partial charge < -0.3 is 5.32 Å². The smallest absolute Gasteiger partial charge is 0.0992 e. The average molecular weight is 268 g/mol. The third-order valence-electron chi connectivity index (χ3n) is 3.45. The first-order valence-electron chi connectivity index (χ1n) is 7.04. The van der Waals surface area contributed by atoms with E-state index < -0.39 is 0 Å². The molecule has 0 atom stereocenters. The van der Waals surface area contributed by atoms with Crippen molar-refractivity contribution in [1.82, 2.24) is 9.78 Å². The second kappa shape index (κ2) is 6.76. The molecule has 1 aromatic carbocycles. The molecule has 0 saturated heterocycles. The van der Waals surface area contributed by atoms with Crippen LogP contribution in [-0.4, -0.2) is 9.78 Å². The van der Waals surface area contributed by atoms with E-state index in [4.69, 9.17) is 5.26 Å². The number of rotatable bonds is 6. The van der Waals surface area contributed by atoms with E-state index in [2.05, 4.69) is 30.3 Å². The molecule has 2 rings (SSSR count). The summed E-state index contributed by atoms with van der Waals surface area (Å²) in [5.41, 5.74) is 2.62. The van der Waals surface area contributed by atoms with E-state index in [9.17, 15) is 0 Å². The van der Waals surface area contributed by atoms with Gasteiger partial charge in [-0.3, -0.25) is 4.68 Å². The molecule has 0 spiro atoms. The number of anilines is 1. The lowest BCUT2D eigenvalue weighted by atomic mass is 10.2. The Labute approximate surface area is 120 Å². The summed E-state index contributed by atoms with van der Waals surface area (Å²) in [7, 11) is 0. The van der Waals surface area contributed by atoms with Gasteiger partial charge in [-0.25, -0.2) is 0 Å². The largest absolute Gasteiger partial charge is 0.379 e. The minimum Gasteiger partial charge on any atom is -0.379 e. The fourth-order valence-corrected chi connectivity index (χ4v) is 2.23. The molecule has 0 unspecified atom stereocenters. The number of nitrogens with one attached hydrogen (secondary N) is 1. The van der Waals surface area contributed by atoms with Gasteiger partial charge in [-0.2, -0.15) is 10.4 Å². The fourth-order valence-electron chi connectivity index (χ4n) is 2.23. The Morgan fingerprint density at radius 2 is 2.10 bits per heavy atom. The summed E-state index contributed by atoms with van der Waals surface area (Å²) in [6, 6.07) is 12.1. The number of hydrogen-bond donors (Lipinski definition) is 1. The Balaban J connectivity index is 1.99. The van der Waals surface area contributed by atoms with Gasteiger partial charge in [0.05, 0.1) is 29.9 Å². The molecule has 0 aliphatic rings. The van der Waals surface area contributed by atoms with Crippen molar-refractivity contribution in [2.75, 3.05) is 5.32 Å². The minimum atomic E-state index is 0.477. The molecular formula is C16H20N4. The van der Waals surface area contributed by atoms with Crippen molar-refractivity contribution in [3.63, 3.8) is 0 Å². The highest BCUT2D eigenvalue weighted by molar-refractivity contribution is 5.49. The summed E-state index contributed by atoms with van der Waals surface area (Å²) >= 11 is 0. The molecule has 0 radical (unpaired) electrons.